The highest BCUT2D eigenvalue weighted by molar-refractivity contribution is 7.18. The van der Waals surface area contributed by atoms with Gasteiger partial charge in [-0.05, 0) is 24.6 Å². The van der Waals surface area contributed by atoms with Gasteiger partial charge in [0.15, 0.2) is 5.69 Å². The first-order valence-electron chi connectivity index (χ1n) is 11.7. The Morgan fingerprint density at radius 3 is 2.51 bits per heavy atom. The third kappa shape index (κ3) is 4.14. The molecule has 1 aromatic carbocycles. The lowest BCUT2D eigenvalue weighted by molar-refractivity contribution is -0.516. The second-order valence-corrected chi connectivity index (χ2v) is 10.5. The average Bonchev–Trinajstić information content (AvgIpc) is 3.43. The number of fused-ring (bicyclic) bond motifs is 2. The molecule has 3 aromatic rings. The number of halogens is 1. The molecule has 196 valence electrons. The Kier molecular flexibility index (Phi) is 7.20. The largest absolute Gasteiger partial charge is 1.00 e. The minimum atomic E-state index is -0.833. The minimum Gasteiger partial charge on any atom is -1.00 e. The quantitative estimate of drug-likeness (QED) is 0.0987. The number of non-ortho nitro benzene ring substituents is 1. The Hall–Kier alpha value is -2.84. The van der Waals surface area contributed by atoms with Crippen LogP contribution in [0.4, 0.5) is 5.69 Å². The maximum Gasteiger partial charge on any atom is 0.355 e. The van der Waals surface area contributed by atoms with Gasteiger partial charge in [0.05, 0.1) is 34.9 Å². The minimum absolute atomic E-state index is 0. The Morgan fingerprint density at radius 2 is 1.95 bits per heavy atom. The van der Waals surface area contributed by atoms with Crippen molar-refractivity contribution < 1.29 is 52.7 Å². The molecule has 37 heavy (non-hydrogen) atoms. The van der Waals surface area contributed by atoms with Crippen LogP contribution in [-0.2, 0) is 28.0 Å². The Labute approximate surface area is 234 Å². The topological polar surface area (TPSA) is 119 Å². The number of carbonyl (C=O) groups excluding carboxylic acids is 2. The first-order valence-corrected chi connectivity index (χ1v) is 12.5. The van der Waals surface area contributed by atoms with Gasteiger partial charge < -0.3 is 38.7 Å². The highest BCUT2D eigenvalue weighted by Crippen LogP contribution is 2.51. The van der Waals surface area contributed by atoms with E-state index in [-0.39, 0.29) is 59.8 Å². The van der Waals surface area contributed by atoms with E-state index in [2.05, 4.69) is 8.97 Å². The second kappa shape index (κ2) is 9.80. The third-order valence-corrected chi connectivity index (χ3v) is 8.70. The van der Waals surface area contributed by atoms with Gasteiger partial charge in [0, 0.05) is 37.5 Å². The van der Waals surface area contributed by atoms with Crippen LogP contribution in [0.25, 0.3) is 10.4 Å². The average molecular weight is 638 g/mol. The van der Waals surface area contributed by atoms with E-state index in [0.29, 0.717) is 5.56 Å². The van der Waals surface area contributed by atoms with Crippen LogP contribution in [0.15, 0.2) is 36.2 Å². The van der Waals surface area contributed by atoms with Crippen molar-refractivity contribution in [1.29, 1.82) is 0 Å². The number of nitro benzene ring substituents is 1. The number of aryl methyl sites for hydroxylation is 2. The molecule has 0 saturated carbocycles. The Bertz CT molecular complexity index is 1420. The number of hydrogen-bond acceptors (Lipinski definition) is 7. The number of imidazole rings is 1. The van der Waals surface area contributed by atoms with Gasteiger partial charge in [0.25, 0.3) is 11.5 Å². The van der Waals surface area contributed by atoms with Gasteiger partial charge in [-0.15, -0.1) is 0 Å². The van der Waals surface area contributed by atoms with E-state index in [1.54, 1.807) is 18.3 Å². The van der Waals surface area contributed by atoms with Crippen molar-refractivity contribution in [3.05, 3.63) is 68.2 Å². The van der Waals surface area contributed by atoms with Crippen LogP contribution < -0.4 is 28.4 Å². The van der Waals surface area contributed by atoms with Crippen LogP contribution in [0.5, 0.6) is 0 Å². The van der Waals surface area contributed by atoms with E-state index in [0.717, 1.165) is 26.8 Å². The molecule has 10 nitrogen and oxygen atoms in total. The molecule has 1 saturated heterocycles. The number of hydrogen-bond donors (Lipinski definition) is 1. The number of thiazole rings is 1. The summed E-state index contributed by atoms with van der Waals surface area (Å²) in [5.74, 6) is -0.642. The summed E-state index contributed by atoms with van der Waals surface area (Å²) in [6.07, 6.45) is 1.16. The molecule has 0 spiro atoms. The summed E-state index contributed by atoms with van der Waals surface area (Å²) >= 11 is 1.55. The normalized spacial score (nSPS) is 21.5. The lowest BCUT2D eigenvalue weighted by atomic mass is 9.77. The van der Waals surface area contributed by atoms with Crippen LogP contribution in [0.3, 0.4) is 0 Å². The number of carbonyl (C=O) groups is 2. The summed E-state index contributed by atoms with van der Waals surface area (Å²) in [7, 11) is 2.00. The van der Waals surface area contributed by atoms with E-state index in [4.69, 9.17) is 4.74 Å². The molecule has 1 fully saturated rings. The number of esters is 1. The molecule has 2 aliphatic heterocycles. The molecule has 0 aliphatic carbocycles. The molecule has 2 aromatic heterocycles. The van der Waals surface area contributed by atoms with Gasteiger partial charge in [0.2, 0.25) is 10.7 Å². The molecule has 1 N–H and O–H groups in total. The van der Waals surface area contributed by atoms with Gasteiger partial charge in [-0.25, -0.2) is 9.36 Å². The number of aromatic nitrogens is 2. The molecule has 0 bridgehead atoms. The molecular weight excluding hydrogens is 611 g/mol. The monoisotopic (exact) mass is 638 g/mol. The SMILES string of the molecule is Cc1c2sc(C3=C(C(=O)OCc4ccc([N+](=O)[O-])cc4)N4C(=O)[C@H]([C@@H](C)O)C4[C@H]3C)c[n+]2c(C)n1C.[I-]. The molecule has 1 unspecified atom stereocenters. The van der Waals surface area contributed by atoms with Gasteiger partial charge in [-0.2, -0.15) is 4.40 Å². The zero-order valence-electron chi connectivity index (χ0n) is 21.0. The van der Waals surface area contributed by atoms with Crippen LogP contribution in [-0.4, -0.2) is 43.5 Å². The maximum absolute atomic E-state index is 13.4. The number of nitrogens with zero attached hydrogens (tertiary/aromatic N) is 4. The second-order valence-electron chi connectivity index (χ2n) is 9.48. The summed E-state index contributed by atoms with van der Waals surface area (Å²) in [5.41, 5.74) is 2.59. The van der Waals surface area contributed by atoms with E-state index in [1.165, 1.54) is 29.2 Å². The lowest BCUT2D eigenvalue weighted by Gasteiger charge is -2.46. The van der Waals surface area contributed by atoms with Crippen LogP contribution in [0, 0.1) is 35.8 Å². The molecule has 5 rings (SSSR count). The zero-order chi connectivity index (χ0) is 26.0. The number of nitro groups is 1. The summed E-state index contributed by atoms with van der Waals surface area (Å²) in [6, 6.07) is 5.45. The van der Waals surface area contributed by atoms with E-state index >= 15 is 0 Å². The Balaban J connectivity index is 0.00000320. The molecule has 0 radical (unpaired) electrons. The molecule has 12 heteroatoms. The Morgan fingerprint density at radius 1 is 1.30 bits per heavy atom. The lowest BCUT2D eigenvalue weighted by Crippen LogP contribution is -3.00. The fourth-order valence-electron chi connectivity index (χ4n) is 5.33. The number of benzene rings is 1. The van der Waals surface area contributed by atoms with E-state index in [1.807, 2.05) is 34.0 Å². The predicted octanol–water partition coefficient (Wildman–Crippen LogP) is -0.334. The van der Waals surface area contributed by atoms with Gasteiger partial charge in [-0.3, -0.25) is 14.9 Å². The third-order valence-electron chi connectivity index (χ3n) is 7.47. The molecule has 4 heterocycles. The fourth-order valence-corrected chi connectivity index (χ4v) is 6.66. The van der Waals surface area contributed by atoms with E-state index < -0.39 is 22.9 Å². The van der Waals surface area contributed by atoms with Crippen molar-refractivity contribution in [2.75, 3.05) is 0 Å². The maximum atomic E-state index is 13.4. The summed E-state index contributed by atoms with van der Waals surface area (Å²) in [5, 5.41) is 21.1. The number of ether oxygens (including phenoxy) is 1. The standard InChI is InChI=1S/C25H27N4O6S.HI/c1-12-19(18-10-27-15(4)26(5)13(2)24(27)36-18)22(28-21(12)20(14(3)30)23(28)31)25(32)35-11-16-6-8-17(9-7-16)29(33)34;/h6-10,12,14,20-21,30H,11H2,1-5H3;1H/q+1;/p-1/t12-,14+,20+,21?;/m0./s1. The fraction of sp³-hybridized carbons (Fsp3) is 0.400. The summed E-state index contributed by atoms with van der Waals surface area (Å²) in [6.45, 7) is 7.53. The molecular formula is C25H27IN4O6S. The zero-order valence-corrected chi connectivity index (χ0v) is 23.9. The molecule has 2 aliphatic rings. The van der Waals surface area contributed by atoms with Gasteiger partial charge in [0.1, 0.15) is 18.5 Å². The predicted molar refractivity (Wildman–Crippen MR) is 131 cm³/mol. The number of aliphatic hydroxyl groups excluding tert-OH is 1. The smallest absolute Gasteiger partial charge is 0.355 e. The van der Waals surface area contributed by atoms with Crippen LogP contribution in [0.2, 0.25) is 0 Å². The van der Waals surface area contributed by atoms with Crippen molar-refractivity contribution in [1.82, 2.24) is 9.47 Å². The number of amides is 1. The van der Waals surface area contributed by atoms with Crippen LogP contribution >= 0.6 is 11.3 Å². The van der Waals surface area contributed by atoms with Gasteiger partial charge in [-0.1, -0.05) is 18.3 Å². The van der Waals surface area contributed by atoms with Crippen LogP contribution in [0.1, 0.15) is 35.8 Å². The number of rotatable bonds is 6. The van der Waals surface area contributed by atoms with Crippen molar-refractivity contribution in [2.45, 2.75) is 46.4 Å². The summed E-state index contributed by atoms with van der Waals surface area (Å²) < 4.78 is 9.78. The first kappa shape index (κ1) is 27.2. The highest BCUT2D eigenvalue weighted by atomic mass is 127. The first-order chi connectivity index (χ1) is 17.0. The molecule has 4 atom stereocenters. The van der Waals surface area contributed by atoms with E-state index in [9.17, 15) is 24.8 Å². The van der Waals surface area contributed by atoms with Crippen molar-refractivity contribution in [3.63, 3.8) is 0 Å². The summed E-state index contributed by atoms with van der Waals surface area (Å²) in [4.78, 5) is 40.3. The van der Waals surface area contributed by atoms with Crippen molar-refractivity contribution >= 4 is 39.3 Å². The van der Waals surface area contributed by atoms with Gasteiger partial charge >= 0.3 is 5.97 Å². The number of β-lactam (4-membered cyclic amide) rings is 1. The number of aliphatic hydroxyl groups is 1. The van der Waals surface area contributed by atoms with Crippen molar-refractivity contribution in [2.24, 2.45) is 18.9 Å². The van der Waals surface area contributed by atoms with Crippen molar-refractivity contribution in [3.8, 4) is 0 Å². The highest BCUT2D eigenvalue weighted by Gasteiger charge is 2.60. The molecule has 1 amide bonds.